The number of carbonyl (C=O) groups excluding carboxylic acids is 3. The highest BCUT2D eigenvalue weighted by molar-refractivity contribution is 8.18. The lowest BCUT2D eigenvalue weighted by Gasteiger charge is -2.33. The minimum Gasteiger partial charge on any atom is -0.336 e. The predicted octanol–water partition coefficient (Wildman–Crippen LogP) is 3.03. The Kier molecular flexibility index (Phi) is 4.52. The molecule has 120 valence electrons. The van der Waals surface area contributed by atoms with Gasteiger partial charge < -0.3 is 4.90 Å². The Morgan fingerprint density at radius 1 is 1.26 bits per heavy atom. The van der Waals surface area contributed by atoms with Crippen molar-refractivity contribution in [3.05, 3.63) is 40.3 Å². The molecule has 0 aromatic heterocycles. The Balaban J connectivity index is 1.74. The Labute approximate surface area is 139 Å². The molecule has 1 atom stereocenters. The number of thioether (sulfide) groups is 1. The number of hydrogen-bond acceptors (Lipinski definition) is 4. The SMILES string of the molecule is CC1CCCCN1C(=O)c1ccc(/C=C2/SC(=O)NC2=O)cc1. The summed E-state index contributed by atoms with van der Waals surface area (Å²) in [6.45, 7) is 2.90. The minimum atomic E-state index is -0.373. The molecule has 6 heteroatoms. The Hall–Kier alpha value is -2.08. The first-order chi connectivity index (χ1) is 11.0. The molecule has 2 aliphatic rings. The van der Waals surface area contributed by atoms with Gasteiger partial charge in [-0.25, -0.2) is 0 Å². The van der Waals surface area contributed by atoms with Crippen LogP contribution in [-0.2, 0) is 4.79 Å². The molecule has 1 aromatic carbocycles. The highest BCUT2D eigenvalue weighted by Crippen LogP contribution is 2.26. The third-order valence-electron chi connectivity index (χ3n) is 4.16. The van der Waals surface area contributed by atoms with Crippen LogP contribution in [0.1, 0.15) is 42.1 Å². The molecule has 3 rings (SSSR count). The Morgan fingerprint density at radius 2 is 2.00 bits per heavy atom. The number of likely N-dealkylation sites (tertiary alicyclic amines) is 1. The van der Waals surface area contributed by atoms with Crippen molar-refractivity contribution < 1.29 is 14.4 Å². The van der Waals surface area contributed by atoms with Crippen molar-refractivity contribution in [2.45, 2.75) is 32.2 Å². The Morgan fingerprint density at radius 3 is 2.61 bits per heavy atom. The smallest absolute Gasteiger partial charge is 0.290 e. The maximum atomic E-state index is 12.6. The van der Waals surface area contributed by atoms with Crippen LogP contribution >= 0.6 is 11.8 Å². The van der Waals surface area contributed by atoms with Crippen LogP contribution in [0.3, 0.4) is 0 Å². The van der Waals surface area contributed by atoms with Crippen LogP contribution < -0.4 is 5.32 Å². The van der Waals surface area contributed by atoms with E-state index in [9.17, 15) is 14.4 Å². The summed E-state index contributed by atoms with van der Waals surface area (Å²) in [7, 11) is 0. The third kappa shape index (κ3) is 3.47. The van der Waals surface area contributed by atoms with Crippen LogP contribution in [0.2, 0.25) is 0 Å². The second-order valence-corrected chi connectivity index (χ2v) is 6.83. The lowest BCUT2D eigenvalue weighted by molar-refractivity contribution is -0.115. The summed E-state index contributed by atoms with van der Waals surface area (Å²) in [5.74, 6) is -0.318. The van der Waals surface area contributed by atoms with Gasteiger partial charge in [0.2, 0.25) is 0 Å². The van der Waals surface area contributed by atoms with Gasteiger partial charge in [-0.15, -0.1) is 0 Å². The van der Waals surface area contributed by atoms with E-state index in [4.69, 9.17) is 0 Å². The molecule has 2 saturated heterocycles. The summed E-state index contributed by atoms with van der Waals surface area (Å²) in [5, 5.41) is 1.87. The minimum absolute atomic E-state index is 0.0552. The summed E-state index contributed by atoms with van der Waals surface area (Å²) in [5.41, 5.74) is 1.45. The fraction of sp³-hybridized carbons (Fsp3) is 0.353. The lowest BCUT2D eigenvalue weighted by atomic mass is 10.0. The summed E-state index contributed by atoms with van der Waals surface area (Å²) in [4.78, 5) is 37.5. The monoisotopic (exact) mass is 330 g/mol. The highest BCUT2D eigenvalue weighted by atomic mass is 32.2. The molecule has 0 aliphatic carbocycles. The molecule has 2 aliphatic heterocycles. The number of piperidine rings is 1. The topological polar surface area (TPSA) is 66.5 Å². The van der Waals surface area contributed by atoms with Crippen LogP contribution in [0.25, 0.3) is 6.08 Å². The van der Waals surface area contributed by atoms with Crippen molar-refractivity contribution in [2.75, 3.05) is 6.54 Å². The van der Waals surface area contributed by atoms with Crippen molar-refractivity contribution in [1.82, 2.24) is 10.2 Å². The largest absolute Gasteiger partial charge is 0.336 e. The van der Waals surface area contributed by atoms with Gasteiger partial charge in [-0.3, -0.25) is 19.7 Å². The van der Waals surface area contributed by atoms with Gasteiger partial charge in [0.15, 0.2) is 0 Å². The summed E-state index contributed by atoms with van der Waals surface area (Å²) in [6.07, 6.45) is 4.94. The van der Waals surface area contributed by atoms with E-state index in [2.05, 4.69) is 12.2 Å². The molecule has 2 fully saturated rings. The van der Waals surface area contributed by atoms with E-state index in [1.54, 1.807) is 30.3 Å². The Bertz CT molecular complexity index is 682. The molecule has 0 spiro atoms. The van der Waals surface area contributed by atoms with Crippen molar-refractivity contribution in [3.8, 4) is 0 Å². The lowest BCUT2D eigenvalue weighted by Crippen LogP contribution is -2.41. The fourth-order valence-corrected chi connectivity index (χ4v) is 3.54. The van der Waals surface area contributed by atoms with Gasteiger partial charge in [-0.2, -0.15) is 0 Å². The molecular formula is C17H18N2O3S. The molecule has 0 radical (unpaired) electrons. The first-order valence-electron chi connectivity index (χ1n) is 7.70. The highest BCUT2D eigenvalue weighted by Gasteiger charge is 2.26. The number of nitrogens with zero attached hydrogens (tertiary/aromatic N) is 1. The van der Waals surface area contributed by atoms with Gasteiger partial charge in [0, 0.05) is 18.2 Å². The summed E-state index contributed by atoms with van der Waals surface area (Å²) < 4.78 is 0. The zero-order chi connectivity index (χ0) is 16.4. The van der Waals surface area contributed by atoms with Crippen molar-refractivity contribution in [2.24, 2.45) is 0 Å². The molecule has 1 aromatic rings. The average Bonchev–Trinajstić information content (AvgIpc) is 2.85. The fourth-order valence-electron chi connectivity index (χ4n) is 2.86. The van der Waals surface area contributed by atoms with Crippen molar-refractivity contribution in [3.63, 3.8) is 0 Å². The van der Waals surface area contributed by atoms with E-state index >= 15 is 0 Å². The quantitative estimate of drug-likeness (QED) is 0.847. The average molecular weight is 330 g/mol. The van der Waals surface area contributed by atoms with Crippen LogP contribution in [0, 0.1) is 0 Å². The standard InChI is InChI=1S/C17H18N2O3S/c1-11-4-2-3-9-19(11)16(21)13-7-5-12(6-8-13)10-14-15(20)18-17(22)23-14/h5-8,10-11H,2-4,9H2,1H3,(H,18,20,22)/b14-10+. The van der Waals surface area contributed by atoms with Crippen LogP contribution in [0.4, 0.5) is 4.79 Å². The number of carbonyl (C=O) groups is 3. The molecule has 23 heavy (non-hydrogen) atoms. The molecule has 1 N–H and O–H groups in total. The first kappa shape index (κ1) is 15.8. The molecule has 2 heterocycles. The normalized spacial score (nSPS) is 23.3. The summed E-state index contributed by atoms with van der Waals surface area (Å²) in [6, 6.07) is 7.42. The molecule has 1 unspecified atom stereocenters. The van der Waals surface area contributed by atoms with E-state index in [0.29, 0.717) is 10.5 Å². The van der Waals surface area contributed by atoms with Gasteiger partial charge in [-0.1, -0.05) is 12.1 Å². The van der Waals surface area contributed by atoms with E-state index in [0.717, 1.165) is 36.7 Å². The molecule has 0 bridgehead atoms. The number of benzene rings is 1. The van der Waals surface area contributed by atoms with Crippen LogP contribution in [0.5, 0.6) is 0 Å². The van der Waals surface area contributed by atoms with Gasteiger partial charge >= 0.3 is 0 Å². The van der Waals surface area contributed by atoms with Gasteiger partial charge in [0.05, 0.1) is 4.91 Å². The van der Waals surface area contributed by atoms with Crippen LogP contribution in [0.15, 0.2) is 29.2 Å². The maximum absolute atomic E-state index is 12.6. The van der Waals surface area contributed by atoms with E-state index in [1.807, 2.05) is 4.90 Å². The zero-order valence-electron chi connectivity index (χ0n) is 12.9. The molecule has 3 amide bonds. The number of imide groups is 1. The van der Waals surface area contributed by atoms with Crippen molar-refractivity contribution in [1.29, 1.82) is 0 Å². The number of hydrogen-bond donors (Lipinski definition) is 1. The second kappa shape index (κ2) is 6.58. The van der Waals surface area contributed by atoms with Gasteiger partial charge in [0.25, 0.3) is 17.1 Å². The maximum Gasteiger partial charge on any atom is 0.290 e. The first-order valence-corrected chi connectivity index (χ1v) is 8.52. The van der Waals surface area contributed by atoms with Gasteiger partial charge in [0.1, 0.15) is 0 Å². The van der Waals surface area contributed by atoms with E-state index in [1.165, 1.54) is 6.42 Å². The molecular weight excluding hydrogens is 312 g/mol. The van der Waals surface area contributed by atoms with Crippen molar-refractivity contribution >= 4 is 34.9 Å². The van der Waals surface area contributed by atoms with Crippen LogP contribution in [-0.4, -0.2) is 34.5 Å². The second-order valence-electron chi connectivity index (χ2n) is 5.82. The number of amides is 3. The van der Waals surface area contributed by atoms with E-state index in [-0.39, 0.29) is 23.1 Å². The third-order valence-corrected chi connectivity index (χ3v) is 4.97. The predicted molar refractivity (Wildman–Crippen MR) is 89.9 cm³/mol. The summed E-state index contributed by atoms with van der Waals surface area (Å²) >= 11 is 0.888. The molecule has 0 saturated carbocycles. The number of nitrogens with one attached hydrogen (secondary N) is 1. The molecule has 5 nitrogen and oxygen atoms in total. The zero-order valence-corrected chi connectivity index (χ0v) is 13.7. The number of rotatable bonds is 2. The van der Waals surface area contributed by atoms with E-state index < -0.39 is 0 Å². The van der Waals surface area contributed by atoms with Gasteiger partial charge in [-0.05, 0) is 61.7 Å².